The van der Waals surface area contributed by atoms with Gasteiger partial charge >= 0.3 is 13.2 Å². The molecule has 0 spiro atoms. The van der Waals surface area contributed by atoms with Crippen LogP contribution in [0.1, 0.15) is 11.1 Å². The van der Waals surface area contributed by atoms with Gasteiger partial charge in [0.2, 0.25) is 0 Å². The van der Waals surface area contributed by atoms with Crippen molar-refractivity contribution >= 4 is 12.4 Å². The van der Waals surface area contributed by atoms with E-state index in [9.17, 15) is 26.1 Å². The number of halogens is 6. The fourth-order valence-electron chi connectivity index (χ4n) is 1.07. The zero-order valence-corrected chi connectivity index (χ0v) is 7.52. The van der Waals surface area contributed by atoms with Gasteiger partial charge in [-0.3, -0.25) is 0 Å². The molecule has 0 heterocycles. The van der Waals surface area contributed by atoms with Crippen molar-refractivity contribution in [3.8, 4) is 6.07 Å². The summed E-state index contributed by atoms with van der Waals surface area (Å²) < 4.78 is 73.4. The lowest BCUT2D eigenvalue weighted by Crippen LogP contribution is -2.35. The van der Waals surface area contributed by atoms with Crippen LogP contribution < -0.4 is 5.46 Å². The molecule has 1 aromatic carbocycles. The first-order chi connectivity index (χ1) is 7.14. The van der Waals surface area contributed by atoms with Crippen molar-refractivity contribution in [2.75, 3.05) is 0 Å². The summed E-state index contributed by atoms with van der Waals surface area (Å²) in [6.07, 6.45) is -4.90. The molecule has 0 aliphatic rings. The Morgan fingerprint density at radius 2 is 1.62 bits per heavy atom. The van der Waals surface area contributed by atoms with Crippen LogP contribution in [-0.4, -0.2) is 6.98 Å². The number of nitriles is 1. The molecular formula is C8H3BF6N-. The lowest BCUT2D eigenvalue weighted by atomic mass is 9.78. The van der Waals surface area contributed by atoms with Crippen LogP contribution in [0.4, 0.5) is 26.1 Å². The summed E-state index contributed by atoms with van der Waals surface area (Å²) in [6.45, 7) is -5.55. The summed E-state index contributed by atoms with van der Waals surface area (Å²) in [5.74, 6) is 0. The van der Waals surface area contributed by atoms with Crippen molar-refractivity contribution in [1.29, 1.82) is 5.26 Å². The van der Waals surface area contributed by atoms with Crippen molar-refractivity contribution < 1.29 is 26.1 Å². The maximum Gasteiger partial charge on any atom is 0.509 e. The fourth-order valence-corrected chi connectivity index (χ4v) is 1.07. The van der Waals surface area contributed by atoms with Gasteiger partial charge in [0, 0.05) is 5.56 Å². The molecular weight excluding hydrogens is 235 g/mol. The van der Waals surface area contributed by atoms with Crippen LogP contribution in [0.25, 0.3) is 0 Å². The van der Waals surface area contributed by atoms with Crippen LogP contribution in [0.15, 0.2) is 18.2 Å². The van der Waals surface area contributed by atoms with Gasteiger partial charge in [0.1, 0.15) is 0 Å². The topological polar surface area (TPSA) is 23.8 Å². The third-order valence-electron chi connectivity index (χ3n) is 1.79. The van der Waals surface area contributed by atoms with E-state index in [0.717, 1.165) is 0 Å². The predicted molar refractivity (Wildman–Crippen MR) is 44.9 cm³/mol. The van der Waals surface area contributed by atoms with Gasteiger partial charge in [0.05, 0.1) is 11.6 Å². The average molecular weight is 238 g/mol. The summed E-state index contributed by atoms with van der Waals surface area (Å²) in [7, 11) is 0. The normalized spacial score (nSPS) is 12.3. The highest BCUT2D eigenvalue weighted by Crippen LogP contribution is 2.29. The first kappa shape index (κ1) is 12.4. The predicted octanol–water partition coefficient (Wildman–Crippen LogP) is 2.63. The Morgan fingerprint density at radius 1 is 1.06 bits per heavy atom. The summed E-state index contributed by atoms with van der Waals surface area (Å²) in [6, 6.07) is 2.04. The molecule has 0 atom stereocenters. The minimum atomic E-state index is -5.55. The van der Waals surface area contributed by atoms with Crippen molar-refractivity contribution in [1.82, 2.24) is 0 Å². The van der Waals surface area contributed by atoms with Crippen LogP contribution in [0.3, 0.4) is 0 Å². The summed E-state index contributed by atoms with van der Waals surface area (Å²) in [4.78, 5) is 0. The van der Waals surface area contributed by atoms with Gasteiger partial charge in [0.15, 0.2) is 0 Å². The Kier molecular flexibility index (Phi) is 2.90. The molecule has 16 heavy (non-hydrogen) atoms. The second-order valence-electron chi connectivity index (χ2n) is 3.03. The van der Waals surface area contributed by atoms with E-state index in [1.54, 1.807) is 0 Å². The molecule has 86 valence electrons. The molecule has 1 rings (SSSR count). The molecule has 0 aromatic heterocycles. The molecule has 0 radical (unpaired) electrons. The number of nitrogens with zero attached hydrogens (tertiary/aromatic N) is 1. The molecule has 0 aliphatic carbocycles. The van der Waals surface area contributed by atoms with Gasteiger partial charge < -0.3 is 12.9 Å². The Hall–Kier alpha value is -1.65. The highest BCUT2D eigenvalue weighted by Gasteiger charge is 2.34. The number of alkyl halides is 3. The molecule has 0 amide bonds. The largest absolute Gasteiger partial charge is 0.509 e. The zero-order valence-electron chi connectivity index (χ0n) is 7.52. The molecule has 1 nitrogen and oxygen atoms in total. The van der Waals surface area contributed by atoms with E-state index in [-0.39, 0.29) is 6.07 Å². The van der Waals surface area contributed by atoms with Gasteiger partial charge in [-0.1, -0.05) is 12.1 Å². The Balaban J connectivity index is 3.41. The fraction of sp³-hybridized carbons (Fsp3) is 0.125. The first-order valence-corrected chi connectivity index (χ1v) is 3.97. The van der Waals surface area contributed by atoms with E-state index in [4.69, 9.17) is 5.26 Å². The maximum atomic E-state index is 12.3. The Labute approximate surface area is 86.4 Å². The lowest BCUT2D eigenvalue weighted by molar-refractivity contribution is -0.137. The second-order valence-corrected chi connectivity index (χ2v) is 3.03. The van der Waals surface area contributed by atoms with Crippen LogP contribution in [0, 0.1) is 11.3 Å². The monoisotopic (exact) mass is 238 g/mol. The van der Waals surface area contributed by atoms with E-state index < -0.39 is 29.7 Å². The SMILES string of the molecule is N#Cc1cc([B-](F)(F)F)cc(C(F)(F)F)c1. The zero-order chi connectivity index (χ0) is 12.6. The van der Waals surface area contributed by atoms with Gasteiger partial charge in [-0.15, -0.1) is 5.46 Å². The van der Waals surface area contributed by atoms with Crippen molar-refractivity contribution in [3.05, 3.63) is 29.3 Å². The third kappa shape index (κ3) is 2.69. The second kappa shape index (κ2) is 3.74. The van der Waals surface area contributed by atoms with E-state index in [1.165, 1.54) is 6.07 Å². The van der Waals surface area contributed by atoms with Gasteiger partial charge in [-0.25, -0.2) is 0 Å². The molecule has 0 aliphatic heterocycles. The van der Waals surface area contributed by atoms with E-state index in [2.05, 4.69) is 0 Å². The molecule has 0 unspecified atom stereocenters. The highest BCUT2D eigenvalue weighted by atomic mass is 19.4. The summed E-state index contributed by atoms with van der Waals surface area (Å²) in [5.41, 5.74) is -3.56. The standard InChI is InChI=1S/C8H3BF6N/c10-8(11,12)6-1-5(4-16)2-7(3-6)9(13,14)15/h1-3H/q-1. The highest BCUT2D eigenvalue weighted by molar-refractivity contribution is 6.73. The molecule has 8 heteroatoms. The Morgan fingerprint density at radius 3 is 2.00 bits per heavy atom. The van der Waals surface area contributed by atoms with Crippen LogP contribution in [0.2, 0.25) is 0 Å². The van der Waals surface area contributed by atoms with Gasteiger partial charge in [-0.05, 0) is 6.07 Å². The molecule has 1 aromatic rings. The molecule has 0 bridgehead atoms. The van der Waals surface area contributed by atoms with E-state index in [0.29, 0.717) is 12.1 Å². The molecule has 0 saturated heterocycles. The minimum absolute atomic E-state index is 0.000833. The van der Waals surface area contributed by atoms with Crippen molar-refractivity contribution in [3.63, 3.8) is 0 Å². The molecule has 0 saturated carbocycles. The average Bonchev–Trinajstić information content (AvgIpc) is 2.14. The number of rotatable bonds is 1. The van der Waals surface area contributed by atoms with Crippen LogP contribution in [-0.2, 0) is 6.18 Å². The quantitative estimate of drug-likeness (QED) is 0.544. The maximum absolute atomic E-state index is 12.3. The van der Waals surface area contributed by atoms with E-state index >= 15 is 0 Å². The van der Waals surface area contributed by atoms with Gasteiger partial charge in [0.25, 0.3) is 0 Å². The summed E-state index contributed by atoms with van der Waals surface area (Å²) in [5, 5.41) is 8.34. The van der Waals surface area contributed by atoms with Crippen molar-refractivity contribution in [2.45, 2.75) is 6.18 Å². The molecule has 0 N–H and O–H groups in total. The molecule has 0 fully saturated rings. The van der Waals surface area contributed by atoms with Crippen molar-refractivity contribution in [2.24, 2.45) is 0 Å². The lowest BCUT2D eigenvalue weighted by Gasteiger charge is -2.17. The van der Waals surface area contributed by atoms with Gasteiger partial charge in [-0.2, -0.15) is 18.4 Å². The first-order valence-electron chi connectivity index (χ1n) is 3.97. The summed E-state index contributed by atoms with van der Waals surface area (Å²) >= 11 is 0. The van der Waals surface area contributed by atoms with E-state index in [1.807, 2.05) is 0 Å². The van der Waals surface area contributed by atoms with Crippen LogP contribution in [0.5, 0.6) is 0 Å². The smallest absolute Gasteiger partial charge is 0.445 e. The number of hydrogen-bond acceptors (Lipinski definition) is 1. The minimum Gasteiger partial charge on any atom is -0.445 e. The third-order valence-corrected chi connectivity index (χ3v) is 1.79. The number of benzene rings is 1. The number of hydrogen-bond donors (Lipinski definition) is 0. The Bertz CT molecular complexity index is 409. The van der Waals surface area contributed by atoms with Crippen LogP contribution >= 0.6 is 0 Å².